The van der Waals surface area contributed by atoms with E-state index in [1.807, 2.05) is 0 Å². The summed E-state index contributed by atoms with van der Waals surface area (Å²) in [4.78, 5) is 8.72. The van der Waals surface area contributed by atoms with Gasteiger partial charge in [0.05, 0.1) is 6.61 Å². The Hall–Kier alpha value is 0.390. The minimum Gasteiger partial charge on any atom is -0.477 e. The number of aliphatic hydroxyl groups excluding tert-OH is 1. The quantitative estimate of drug-likeness (QED) is 0.554. The van der Waals surface area contributed by atoms with Gasteiger partial charge < -0.3 is 34.3 Å². The summed E-state index contributed by atoms with van der Waals surface area (Å²) in [5, 5.41) is 29.2. The number of carboxylic acids is 1. The van der Waals surface area contributed by atoms with Crippen LogP contribution in [-0.2, 0) is 23.7 Å². The SMILES string of the molecule is CC1(C)O[C@@H]([C@@H]2OC(C(Cl)Cl)(C(Cl)Cl)O[C@@H]2CO)[C@](O)(C(=O)O)O1. The van der Waals surface area contributed by atoms with E-state index in [2.05, 4.69) is 0 Å². The molecule has 0 bridgehead atoms. The predicted molar refractivity (Wildman–Crippen MR) is 83.2 cm³/mol. The van der Waals surface area contributed by atoms with Crippen LogP contribution in [0.2, 0.25) is 0 Å². The number of aliphatic hydroxyl groups is 2. The molecule has 0 saturated carbocycles. The molecule has 0 spiro atoms. The van der Waals surface area contributed by atoms with Gasteiger partial charge in [0.25, 0.3) is 5.79 Å². The van der Waals surface area contributed by atoms with E-state index in [9.17, 15) is 20.1 Å². The first-order valence-electron chi connectivity index (χ1n) is 6.76. The number of carbonyl (C=O) groups is 1. The molecule has 2 rings (SSSR count). The van der Waals surface area contributed by atoms with Gasteiger partial charge in [0.2, 0.25) is 5.79 Å². The van der Waals surface area contributed by atoms with Gasteiger partial charge in [0.1, 0.15) is 12.2 Å². The van der Waals surface area contributed by atoms with Crippen LogP contribution in [0.5, 0.6) is 0 Å². The molecule has 140 valence electrons. The number of alkyl halides is 4. The molecule has 2 aliphatic heterocycles. The van der Waals surface area contributed by atoms with Crippen molar-refractivity contribution >= 4 is 52.4 Å². The van der Waals surface area contributed by atoms with Crippen molar-refractivity contribution in [1.82, 2.24) is 0 Å². The van der Waals surface area contributed by atoms with E-state index in [1.54, 1.807) is 0 Å². The predicted octanol–water partition coefficient (Wildman–Crippen LogP) is 0.991. The fraction of sp³-hybridized carbons (Fsp3) is 0.917. The zero-order chi connectivity index (χ0) is 18.5. The summed E-state index contributed by atoms with van der Waals surface area (Å²) in [6.07, 6.45) is -4.10. The second-order valence-electron chi connectivity index (χ2n) is 5.79. The smallest absolute Gasteiger partial charge is 0.367 e. The first-order valence-corrected chi connectivity index (χ1v) is 8.50. The average Bonchev–Trinajstić information content (AvgIpc) is 2.95. The van der Waals surface area contributed by atoms with Crippen molar-refractivity contribution in [3.63, 3.8) is 0 Å². The molecule has 0 aliphatic carbocycles. The molecular weight excluding hydrogens is 414 g/mol. The van der Waals surface area contributed by atoms with Gasteiger partial charge in [-0.25, -0.2) is 4.79 Å². The lowest BCUT2D eigenvalue weighted by molar-refractivity contribution is -0.242. The van der Waals surface area contributed by atoms with Crippen molar-refractivity contribution < 1.29 is 39.1 Å². The molecule has 2 saturated heterocycles. The molecule has 2 aliphatic rings. The maximum atomic E-state index is 11.5. The van der Waals surface area contributed by atoms with Crippen LogP contribution >= 0.6 is 46.4 Å². The van der Waals surface area contributed by atoms with Crippen molar-refractivity contribution in [3.8, 4) is 0 Å². The van der Waals surface area contributed by atoms with E-state index in [0.717, 1.165) is 0 Å². The van der Waals surface area contributed by atoms with Gasteiger partial charge in [0, 0.05) is 0 Å². The van der Waals surface area contributed by atoms with Gasteiger partial charge in [-0.05, 0) is 13.8 Å². The van der Waals surface area contributed by atoms with E-state index in [0.29, 0.717) is 0 Å². The fourth-order valence-corrected chi connectivity index (χ4v) is 3.79. The summed E-state index contributed by atoms with van der Waals surface area (Å²) in [6, 6.07) is 0. The third kappa shape index (κ3) is 3.34. The Morgan fingerprint density at radius 1 is 1.12 bits per heavy atom. The number of rotatable bonds is 5. The van der Waals surface area contributed by atoms with Gasteiger partial charge in [-0.2, -0.15) is 0 Å². The number of ether oxygens (including phenoxy) is 4. The highest BCUT2D eigenvalue weighted by atomic mass is 35.5. The molecule has 0 aromatic heterocycles. The summed E-state index contributed by atoms with van der Waals surface area (Å²) >= 11 is 23.3. The Morgan fingerprint density at radius 3 is 2.08 bits per heavy atom. The van der Waals surface area contributed by atoms with E-state index in [-0.39, 0.29) is 0 Å². The van der Waals surface area contributed by atoms with Gasteiger partial charge in [-0.15, -0.1) is 0 Å². The Bertz CT molecular complexity index is 493. The van der Waals surface area contributed by atoms with Crippen molar-refractivity contribution in [2.45, 2.75) is 59.2 Å². The minimum absolute atomic E-state index is 0.636. The highest BCUT2D eigenvalue weighted by Crippen LogP contribution is 2.47. The van der Waals surface area contributed by atoms with Gasteiger partial charge in [-0.3, -0.25) is 0 Å². The summed E-state index contributed by atoms with van der Waals surface area (Å²) in [7, 11) is 0. The lowest BCUT2D eigenvalue weighted by Gasteiger charge is -2.31. The van der Waals surface area contributed by atoms with Gasteiger partial charge >= 0.3 is 5.97 Å². The van der Waals surface area contributed by atoms with Crippen molar-refractivity contribution in [3.05, 3.63) is 0 Å². The summed E-state index contributed by atoms with van der Waals surface area (Å²) < 4.78 is 21.6. The molecule has 24 heavy (non-hydrogen) atoms. The van der Waals surface area contributed by atoms with Crippen LogP contribution in [0.15, 0.2) is 0 Å². The Kier molecular flexibility index (Phi) is 5.90. The Balaban J connectivity index is 2.41. The normalized spacial score (nSPS) is 38.2. The van der Waals surface area contributed by atoms with E-state index in [4.69, 9.17) is 65.4 Å². The molecule has 0 aromatic carbocycles. The number of hydrogen-bond acceptors (Lipinski definition) is 7. The topological polar surface area (TPSA) is 115 Å². The third-order valence-corrected chi connectivity index (χ3v) is 4.83. The zero-order valence-electron chi connectivity index (χ0n) is 12.5. The monoisotopic (exact) mass is 428 g/mol. The average molecular weight is 430 g/mol. The summed E-state index contributed by atoms with van der Waals surface area (Å²) in [6.45, 7) is 2.16. The second kappa shape index (κ2) is 6.84. The van der Waals surface area contributed by atoms with Crippen LogP contribution in [0, 0.1) is 0 Å². The Labute approximate surface area is 157 Å². The maximum Gasteiger partial charge on any atom is 0.367 e. The molecule has 12 heteroatoms. The first-order chi connectivity index (χ1) is 10.9. The molecule has 8 nitrogen and oxygen atoms in total. The highest BCUT2D eigenvalue weighted by molar-refractivity contribution is 6.49. The third-order valence-electron chi connectivity index (χ3n) is 3.61. The van der Waals surface area contributed by atoms with Crippen LogP contribution < -0.4 is 0 Å². The first kappa shape index (κ1) is 20.7. The zero-order valence-corrected chi connectivity index (χ0v) is 15.5. The van der Waals surface area contributed by atoms with E-state index >= 15 is 0 Å². The number of carboxylic acid groups (broad SMARTS) is 1. The Morgan fingerprint density at radius 2 is 1.67 bits per heavy atom. The molecule has 0 radical (unpaired) electrons. The van der Waals surface area contributed by atoms with Crippen LogP contribution in [0.1, 0.15) is 13.8 Å². The van der Waals surface area contributed by atoms with Crippen molar-refractivity contribution in [2.24, 2.45) is 0 Å². The fourth-order valence-electron chi connectivity index (χ4n) is 2.62. The van der Waals surface area contributed by atoms with E-state index in [1.165, 1.54) is 13.8 Å². The summed E-state index contributed by atoms with van der Waals surface area (Å²) in [5.74, 6) is -7.88. The van der Waals surface area contributed by atoms with Crippen LogP contribution in [-0.4, -0.2) is 73.2 Å². The van der Waals surface area contributed by atoms with Gasteiger partial charge in [-0.1, -0.05) is 46.4 Å². The van der Waals surface area contributed by atoms with E-state index < -0.39 is 57.9 Å². The standard InChI is InChI=1S/C12H16Cl4O8/c1-10(2)23-6(11(20,24-10)9(18)19)5-4(3-17)21-12(22-5,7(13)14)8(15)16/h4-8,17,20H,3H2,1-2H3,(H,18,19)/t4-,5-,6+,11-/m1/s1. The molecular formula is C12H16Cl4O8. The number of aliphatic carboxylic acids is 1. The molecule has 0 unspecified atom stereocenters. The van der Waals surface area contributed by atoms with Crippen LogP contribution in [0.3, 0.4) is 0 Å². The second-order valence-corrected chi connectivity index (χ2v) is 7.98. The minimum atomic E-state index is -2.76. The van der Waals surface area contributed by atoms with Crippen LogP contribution in [0.4, 0.5) is 0 Å². The molecule has 3 N–H and O–H groups in total. The summed E-state index contributed by atoms with van der Waals surface area (Å²) in [5.41, 5.74) is 0. The van der Waals surface area contributed by atoms with Crippen molar-refractivity contribution in [2.75, 3.05) is 6.61 Å². The molecule has 4 atom stereocenters. The maximum absolute atomic E-state index is 11.5. The van der Waals surface area contributed by atoms with Crippen LogP contribution in [0.25, 0.3) is 0 Å². The molecule has 2 heterocycles. The lowest BCUT2D eigenvalue weighted by Crippen LogP contribution is -2.56. The lowest BCUT2D eigenvalue weighted by atomic mass is 10.0. The molecule has 2 fully saturated rings. The van der Waals surface area contributed by atoms with Crippen molar-refractivity contribution in [1.29, 1.82) is 0 Å². The largest absolute Gasteiger partial charge is 0.477 e. The highest BCUT2D eigenvalue weighted by Gasteiger charge is 2.67. The number of halogens is 4. The molecule has 0 amide bonds. The molecule has 0 aromatic rings. The van der Waals surface area contributed by atoms with Gasteiger partial charge in [0.15, 0.2) is 21.6 Å². The number of hydrogen-bond donors (Lipinski definition) is 3.